The van der Waals surface area contributed by atoms with Gasteiger partial charge >= 0.3 is 0 Å². The molecular weight excluding hydrogens is 574 g/mol. The van der Waals surface area contributed by atoms with E-state index in [0.717, 1.165) is 17.9 Å². The summed E-state index contributed by atoms with van der Waals surface area (Å²) in [5.41, 5.74) is 0. The molecule has 0 aliphatic carbocycles. The van der Waals surface area contributed by atoms with E-state index in [1.165, 1.54) is 57.1 Å². The normalized spacial score (nSPS) is 13.2. The summed E-state index contributed by atoms with van der Waals surface area (Å²) in [5, 5.41) is 0. The van der Waals surface area contributed by atoms with Crippen LogP contribution in [0.1, 0.15) is 58.3 Å². The summed E-state index contributed by atoms with van der Waals surface area (Å²) < 4.78 is 49.3. The highest BCUT2D eigenvalue weighted by molar-refractivity contribution is 6.12. The molecule has 1 rings (SSSR count). The second-order valence-corrected chi connectivity index (χ2v) is 10.1. The standard InChI is InChI=1S/C32H59NO11/c1-2-3-4-5-6-7-8-9-13-36-15-17-38-19-21-40-23-25-42-27-29-44-30-28-43-26-24-41-22-20-39-18-16-37-14-12-33-31(34)10-11-32(33)35/h10-11H,2-9,12-30H2,1H3. The monoisotopic (exact) mass is 633 g/mol. The van der Waals surface area contributed by atoms with Gasteiger partial charge in [0.2, 0.25) is 0 Å². The van der Waals surface area contributed by atoms with Crippen LogP contribution in [0.3, 0.4) is 0 Å². The van der Waals surface area contributed by atoms with Crippen LogP contribution in [0, 0.1) is 0 Å². The van der Waals surface area contributed by atoms with Crippen molar-refractivity contribution in [2.45, 2.75) is 58.3 Å². The molecule has 12 nitrogen and oxygen atoms in total. The molecule has 0 atom stereocenters. The summed E-state index contributed by atoms with van der Waals surface area (Å²) in [6.45, 7) is 11.7. The molecule has 0 spiro atoms. The number of carbonyl (C=O) groups excluding carboxylic acids is 2. The minimum Gasteiger partial charge on any atom is -0.379 e. The Balaban J connectivity index is 1.62. The number of rotatable bonds is 36. The third-order valence-corrected chi connectivity index (χ3v) is 6.48. The van der Waals surface area contributed by atoms with Crippen LogP contribution in [0.5, 0.6) is 0 Å². The Labute approximate surface area is 264 Å². The van der Waals surface area contributed by atoms with Crippen LogP contribution >= 0.6 is 0 Å². The molecule has 44 heavy (non-hydrogen) atoms. The van der Waals surface area contributed by atoms with Crippen molar-refractivity contribution in [3.05, 3.63) is 12.2 Å². The molecule has 1 aliphatic heterocycles. The lowest BCUT2D eigenvalue weighted by Gasteiger charge is -2.13. The van der Waals surface area contributed by atoms with Gasteiger partial charge in [0, 0.05) is 18.8 Å². The van der Waals surface area contributed by atoms with Crippen molar-refractivity contribution in [3.63, 3.8) is 0 Å². The van der Waals surface area contributed by atoms with Crippen LogP contribution in [0.4, 0.5) is 0 Å². The van der Waals surface area contributed by atoms with Crippen molar-refractivity contribution in [3.8, 4) is 0 Å². The lowest BCUT2D eigenvalue weighted by atomic mass is 10.1. The number of hydrogen-bond acceptors (Lipinski definition) is 11. The topological polar surface area (TPSA) is 120 Å². The number of carbonyl (C=O) groups is 2. The smallest absolute Gasteiger partial charge is 0.253 e. The lowest BCUT2D eigenvalue weighted by Crippen LogP contribution is -2.33. The van der Waals surface area contributed by atoms with Crippen LogP contribution in [0.2, 0.25) is 0 Å². The second kappa shape index (κ2) is 32.9. The first-order chi connectivity index (χ1) is 21.8. The molecule has 0 radical (unpaired) electrons. The van der Waals surface area contributed by atoms with Crippen molar-refractivity contribution in [2.24, 2.45) is 0 Å². The average molecular weight is 634 g/mol. The largest absolute Gasteiger partial charge is 0.379 e. The van der Waals surface area contributed by atoms with Crippen molar-refractivity contribution >= 4 is 11.8 Å². The highest BCUT2D eigenvalue weighted by Crippen LogP contribution is 2.08. The van der Waals surface area contributed by atoms with E-state index < -0.39 is 0 Å². The highest BCUT2D eigenvalue weighted by Gasteiger charge is 2.22. The summed E-state index contributed by atoms with van der Waals surface area (Å²) in [7, 11) is 0. The number of hydrogen-bond donors (Lipinski definition) is 0. The molecule has 0 unspecified atom stereocenters. The molecule has 258 valence electrons. The molecule has 0 saturated carbocycles. The van der Waals surface area contributed by atoms with Crippen LogP contribution in [-0.2, 0) is 52.2 Å². The van der Waals surface area contributed by atoms with Gasteiger partial charge in [-0.3, -0.25) is 14.5 Å². The molecule has 2 amide bonds. The van der Waals surface area contributed by atoms with Gasteiger partial charge in [-0.2, -0.15) is 0 Å². The molecule has 1 aliphatic rings. The fourth-order valence-electron chi connectivity index (χ4n) is 4.01. The number of amides is 2. The first kappa shape index (κ1) is 40.5. The van der Waals surface area contributed by atoms with Crippen LogP contribution < -0.4 is 0 Å². The van der Waals surface area contributed by atoms with Crippen molar-refractivity contribution < 1.29 is 52.2 Å². The quantitative estimate of drug-likeness (QED) is 0.0747. The van der Waals surface area contributed by atoms with Gasteiger partial charge in [0.05, 0.1) is 119 Å². The summed E-state index contributed by atoms with van der Waals surface area (Å²) >= 11 is 0. The Morgan fingerprint density at radius 3 is 1.00 bits per heavy atom. The van der Waals surface area contributed by atoms with Gasteiger partial charge in [-0.05, 0) is 6.42 Å². The van der Waals surface area contributed by atoms with E-state index in [2.05, 4.69) is 6.92 Å². The zero-order valence-electron chi connectivity index (χ0n) is 27.2. The third kappa shape index (κ3) is 26.9. The fourth-order valence-corrected chi connectivity index (χ4v) is 4.01. The first-order valence-corrected chi connectivity index (χ1v) is 16.5. The molecule has 0 aromatic heterocycles. The highest BCUT2D eigenvalue weighted by atomic mass is 16.6. The van der Waals surface area contributed by atoms with Crippen molar-refractivity contribution in [1.29, 1.82) is 0 Å². The Morgan fingerprint density at radius 2 is 0.659 bits per heavy atom. The van der Waals surface area contributed by atoms with Gasteiger partial charge in [0.15, 0.2) is 0 Å². The van der Waals surface area contributed by atoms with Gasteiger partial charge in [-0.1, -0.05) is 51.9 Å². The van der Waals surface area contributed by atoms with Gasteiger partial charge in [0.1, 0.15) is 0 Å². The van der Waals surface area contributed by atoms with E-state index in [-0.39, 0.29) is 25.0 Å². The maximum absolute atomic E-state index is 11.4. The molecule has 0 fully saturated rings. The van der Waals surface area contributed by atoms with E-state index in [9.17, 15) is 9.59 Å². The molecule has 1 heterocycles. The van der Waals surface area contributed by atoms with Crippen LogP contribution in [0.15, 0.2) is 12.2 Å². The molecular formula is C32H59NO11. The zero-order chi connectivity index (χ0) is 31.6. The number of ether oxygens (including phenoxy) is 9. The summed E-state index contributed by atoms with van der Waals surface area (Å²) in [6, 6.07) is 0. The van der Waals surface area contributed by atoms with Crippen LogP contribution in [0.25, 0.3) is 0 Å². The first-order valence-electron chi connectivity index (χ1n) is 16.5. The average Bonchev–Trinajstić information content (AvgIpc) is 3.35. The van der Waals surface area contributed by atoms with Gasteiger partial charge in [0.25, 0.3) is 11.8 Å². The van der Waals surface area contributed by atoms with Crippen molar-refractivity contribution in [1.82, 2.24) is 4.90 Å². The molecule has 0 aromatic rings. The van der Waals surface area contributed by atoms with E-state index in [1.54, 1.807) is 0 Å². The SMILES string of the molecule is CCCCCCCCCCOCCOCCOCCOCCOCCOCCOCCOCCOCCN1C(=O)C=CC1=O. The minimum absolute atomic E-state index is 0.245. The number of nitrogens with zero attached hydrogens (tertiary/aromatic N) is 1. The third-order valence-electron chi connectivity index (χ3n) is 6.48. The van der Waals surface area contributed by atoms with E-state index >= 15 is 0 Å². The summed E-state index contributed by atoms with van der Waals surface area (Å²) in [5.74, 6) is -0.603. The minimum atomic E-state index is -0.301. The zero-order valence-corrected chi connectivity index (χ0v) is 27.2. The molecule has 0 N–H and O–H groups in total. The maximum atomic E-state index is 11.4. The molecule has 0 saturated heterocycles. The Hall–Kier alpha value is -1.48. The molecule has 12 heteroatoms. The van der Waals surface area contributed by atoms with Crippen molar-refractivity contribution in [2.75, 3.05) is 125 Å². The van der Waals surface area contributed by atoms with Gasteiger partial charge in [-0.15, -0.1) is 0 Å². The number of unbranched alkanes of at least 4 members (excludes halogenated alkanes) is 7. The van der Waals surface area contributed by atoms with E-state index in [0.29, 0.717) is 106 Å². The lowest BCUT2D eigenvalue weighted by molar-refractivity contribution is -0.137. The van der Waals surface area contributed by atoms with Gasteiger partial charge in [-0.25, -0.2) is 0 Å². The summed E-state index contributed by atoms with van der Waals surface area (Å²) in [6.07, 6.45) is 13.0. The van der Waals surface area contributed by atoms with E-state index in [4.69, 9.17) is 42.6 Å². The predicted octanol–water partition coefficient (Wildman–Crippen LogP) is 3.20. The second-order valence-electron chi connectivity index (χ2n) is 10.1. The Kier molecular flexibility index (Phi) is 30.3. The maximum Gasteiger partial charge on any atom is 0.253 e. The Morgan fingerprint density at radius 1 is 0.386 bits per heavy atom. The molecule has 0 aromatic carbocycles. The van der Waals surface area contributed by atoms with Gasteiger partial charge < -0.3 is 42.6 Å². The number of imide groups is 1. The Bertz CT molecular complexity index is 663. The van der Waals surface area contributed by atoms with E-state index in [1.807, 2.05) is 0 Å². The fraction of sp³-hybridized carbons (Fsp3) is 0.875. The molecule has 0 bridgehead atoms. The summed E-state index contributed by atoms with van der Waals surface area (Å²) in [4.78, 5) is 23.9. The predicted molar refractivity (Wildman–Crippen MR) is 166 cm³/mol. The van der Waals surface area contributed by atoms with Crippen LogP contribution in [-0.4, -0.2) is 142 Å².